The predicted octanol–water partition coefficient (Wildman–Crippen LogP) is 3.70. The molecule has 0 amide bonds. The molecule has 0 aromatic carbocycles. The van der Waals surface area contributed by atoms with Gasteiger partial charge in [0.2, 0.25) is 0 Å². The van der Waals surface area contributed by atoms with E-state index in [4.69, 9.17) is 0 Å². The Kier molecular flexibility index (Phi) is 4.07. The van der Waals surface area contributed by atoms with E-state index in [0.29, 0.717) is 5.92 Å². The van der Waals surface area contributed by atoms with Gasteiger partial charge in [0.25, 0.3) is 0 Å². The SMILES string of the molecule is CN=C1C(C(C)C)=CC=C(C(C)(C)C)C1=NC. The highest BCUT2D eigenvalue weighted by molar-refractivity contribution is 6.54. The molecular weight excluding hydrogens is 208 g/mol. The number of allylic oxidation sites excluding steroid dienone is 4. The van der Waals surface area contributed by atoms with Crippen molar-refractivity contribution in [1.29, 1.82) is 0 Å². The zero-order chi connectivity index (χ0) is 13.2. The maximum atomic E-state index is 4.46. The topological polar surface area (TPSA) is 24.7 Å². The third-order valence-corrected chi connectivity index (χ3v) is 3.06. The zero-order valence-corrected chi connectivity index (χ0v) is 12.1. The lowest BCUT2D eigenvalue weighted by molar-refractivity contribution is 0.524. The molecule has 2 heteroatoms. The molecule has 1 aliphatic carbocycles. The van der Waals surface area contributed by atoms with Crippen molar-refractivity contribution in [1.82, 2.24) is 0 Å². The molecule has 0 fully saturated rings. The van der Waals surface area contributed by atoms with Crippen LogP contribution in [0.4, 0.5) is 0 Å². The maximum absolute atomic E-state index is 4.46. The zero-order valence-electron chi connectivity index (χ0n) is 12.1. The Hall–Kier alpha value is -1.18. The highest BCUT2D eigenvalue weighted by Gasteiger charge is 2.29. The largest absolute Gasteiger partial charge is 0.286 e. The molecule has 0 atom stereocenters. The Bertz CT molecular complexity index is 413. The fourth-order valence-electron chi connectivity index (χ4n) is 2.13. The molecule has 1 rings (SSSR count). The summed E-state index contributed by atoms with van der Waals surface area (Å²) in [4.78, 5) is 8.90. The van der Waals surface area contributed by atoms with Gasteiger partial charge in [0.05, 0.1) is 11.4 Å². The molecule has 94 valence electrons. The quantitative estimate of drug-likeness (QED) is 0.616. The average molecular weight is 232 g/mol. The number of hydrogen-bond acceptors (Lipinski definition) is 2. The van der Waals surface area contributed by atoms with Crippen LogP contribution in [0.3, 0.4) is 0 Å². The molecule has 0 aromatic heterocycles. The molecule has 0 bridgehead atoms. The highest BCUT2D eigenvalue weighted by Crippen LogP contribution is 2.32. The normalized spacial score (nSPS) is 22.1. The molecule has 0 saturated carbocycles. The molecule has 0 unspecified atom stereocenters. The third kappa shape index (κ3) is 2.74. The summed E-state index contributed by atoms with van der Waals surface area (Å²) in [5.74, 6) is 0.475. The van der Waals surface area contributed by atoms with Gasteiger partial charge in [-0.1, -0.05) is 46.8 Å². The van der Waals surface area contributed by atoms with Crippen LogP contribution in [0.1, 0.15) is 34.6 Å². The standard InChI is InChI=1S/C15H24N2/c1-10(2)11-8-9-12(15(3,4)5)14(17-7)13(11)16-6/h8-10H,1-7H3. The molecule has 0 spiro atoms. The van der Waals surface area contributed by atoms with Gasteiger partial charge in [-0.05, 0) is 22.5 Å². The van der Waals surface area contributed by atoms with Crippen molar-refractivity contribution in [2.24, 2.45) is 21.3 Å². The summed E-state index contributed by atoms with van der Waals surface area (Å²) < 4.78 is 0. The second-order valence-electron chi connectivity index (χ2n) is 5.75. The number of hydrogen-bond donors (Lipinski definition) is 0. The van der Waals surface area contributed by atoms with Crippen molar-refractivity contribution >= 4 is 11.4 Å². The summed E-state index contributed by atoms with van der Waals surface area (Å²) in [7, 11) is 3.70. The second-order valence-corrected chi connectivity index (χ2v) is 5.75. The van der Waals surface area contributed by atoms with Gasteiger partial charge in [0.15, 0.2) is 0 Å². The van der Waals surface area contributed by atoms with Crippen molar-refractivity contribution < 1.29 is 0 Å². The van der Waals surface area contributed by atoms with Crippen LogP contribution >= 0.6 is 0 Å². The van der Waals surface area contributed by atoms with E-state index in [0.717, 1.165) is 11.4 Å². The van der Waals surface area contributed by atoms with Gasteiger partial charge in [0.1, 0.15) is 0 Å². The monoisotopic (exact) mass is 232 g/mol. The summed E-state index contributed by atoms with van der Waals surface area (Å²) >= 11 is 0. The highest BCUT2D eigenvalue weighted by atomic mass is 14.8. The number of nitrogens with zero attached hydrogens (tertiary/aromatic N) is 2. The first-order valence-corrected chi connectivity index (χ1v) is 6.20. The Morgan fingerprint density at radius 1 is 0.941 bits per heavy atom. The van der Waals surface area contributed by atoms with Gasteiger partial charge in [-0.25, -0.2) is 0 Å². The van der Waals surface area contributed by atoms with Crippen molar-refractivity contribution in [3.8, 4) is 0 Å². The lowest BCUT2D eigenvalue weighted by Gasteiger charge is -2.29. The number of rotatable bonds is 1. The summed E-state index contributed by atoms with van der Waals surface area (Å²) in [6, 6.07) is 0. The lowest BCUT2D eigenvalue weighted by atomic mass is 9.76. The van der Waals surface area contributed by atoms with Crippen molar-refractivity contribution in [2.45, 2.75) is 34.6 Å². The van der Waals surface area contributed by atoms with E-state index in [2.05, 4.69) is 56.8 Å². The fraction of sp³-hybridized carbons (Fsp3) is 0.600. The van der Waals surface area contributed by atoms with Crippen LogP contribution in [0.25, 0.3) is 0 Å². The van der Waals surface area contributed by atoms with Crippen LogP contribution in [-0.2, 0) is 0 Å². The van der Waals surface area contributed by atoms with E-state index in [-0.39, 0.29) is 5.41 Å². The predicted molar refractivity (Wildman–Crippen MR) is 77.2 cm³/mol. The first kappa shape index (κ1) is 13.9. The van der Waals surface area contributed by atoms with Gasteiger partial charge in [-0.2, -0.15) is 0 Å². The Labute approximate surface area is 105 Å². The van der Waals surface area contributed by atoms with Gasteiger partial charge < -0.3 is 0 Å². The minimum absolute atomic E-state index is 0.101. The summed E-state index contributed by atoms with van der Waals surface area (Å²) in [6.45, 7) is 11.0. The van der Waals surface area contributed by atoms with E-state index < -0.39 is 0 Å². The summed E-state index contributed by atoms with van der Waals surface area (Å²) in [6.07, 6.45) is 4.40. The van der Waals surface area contributed by atoms with Crippen molar-refractivity contribution in [3.05, 3.63) is 23.3 Å². The number of aliphatic imine (C=N–C) groups is 2. The molecule has 0 N–H and O–H groups in total. The second kappa shape index (κ2) is 4.99. The molecule has 2 nitrogen and oxygen atoms in total. The van der Waals surface area contributed by atoms with Gasteiger partial charge in [0, 0.05) is 14.1 Å². The molecule has 0 aliphatic heterocycles. The lowest BCUT2D eigenvalue weighted by Crippen LogP contribution is -2.30. The molecule has 1 aliphatic rings. The van der Waals surface area contributed by atoms with Crippen LogP contribution in [-0.4, -0.2) is 25.5 Å². The van der Waals surface area contributed by atoms with E-state index >= 15 is 0 Å². The molecule has 0 aromatic rings. The van der Waals surface area contributed by atoms with Crippen LogP contribution < -0.4 is 0 Å². The first-order chi connectivity index (χ1) is 7.82. The van der Waals surface area contributed by atoms with E-state index in [1.807, 2.05) is 14.1 Å². The smallest absolute Gasteiger partial charge is 0.0862 e. The van der Waals surface area contributed by atoms with E-state index in [1.54, 1.807) is 0 Å². The average Bonchev–Trinajstić information content (AvgIpc) is 2.25. The molecule has 17 heavy (non-hydrogen) atoms. The van der Waals surface area contributed by atoms with Gasteiger partial charge >= 0.3 is 0 Å². The van der Waals surface area contributed by atoms with Crippen molar-refractivity contribution in [3.63, 3.8) is 0 Å². The maximum Gasteiger partial charge on any atom is 0.0862 e. The van der Waals surface area contributed by atoms with Crippen LogP contribution in [0.2, 0.25) is 0 Å². The van der Waals surface area contributed by atoms with Gasteiger partial charge in [-0.15, -0.1) is 0 Å². The third-order valence-electron chi connectivity index (χ3n) is 3.06. The van der Waals surface area contributed by atoms with Crippen molar-refractivity contribution in [2.75, 3.05) is 14.1 Å². The van der Waals surface area contributed by atoms with Crippen LogP contribution in [0.5, 0.6) is 0 Å². The van der Waals surface area contributed by atoms with E-state index in [9.17, 15) is 0 Å². The molecule has 0 heterocycles. The Morgan fingerprint density at radius 2 is 1.47 bits per heavy atom. The minimum atomic E-state index is 0.101. The molecular formula is C15H24N2. The first-order valence-electron chi connectivity index (χ1n) is 6.20. The van der Waals surface area contributed by atoms with Crippen LogP contribution in [0, 0.1) is 11.3 Å². The Balaban J connectivity index is 3.38. The van der Waals surface area contributed by atoms with E-state index in [1.165, 1.54) is 11.1 Å². The minimum Gasteiger partial charge on any atom is -0.286 e. The van der Waals surface area contributed by atoms with Crippen LogP contribution in [0.15, 0.2) is 33.3 Å². The summed E-state index contributed by atoms with van der Waals surface area (Å²) in [5.41, 5.74) is 4.75. The van der Waals surface area contributed by atoms with Gasteiger partial charge in [-0.3, -0.25) is 9.98 Å². The summed E-state index contributed by atoms with van der Waals surface area (Å²) in [5, 5.41) is 0. The Morgan fingerprint density at radius 3 is 1.82 bits per heavy atom. The molecule has 0 radical (unpaired) electrons. The molecule has 0 saturated heterocycles. The fourth-order valence-corrected chi connectivity index (χ4v) is 2.13.